The van der Waals surface area contributed by atoms with Crippen LogP contribution in [-0.4, -0.2) is 50.1 Å². The summed E-state index contributed by atoms with van der Waals surface area (Å²) in [4.78, 5) is 32.7. The van der Waals surface area contributed by atoms with Crippen molar-refractivity contribution in [1.82, 2.24) is 24.9 Å². The maximum absolute atomic E-state index is 12.0. The zero-order valence-corrected chi connectivity index (χ0v) is 17.5. The van der Waals surface area contributed by atoms with Gasteiger partial charge in [-0.25, -0.2) is 4.98 Å². The lowest BCUT2D eigenvalue weighted by Gasteiger charge is -2.14. The van der Waals surface area contributed by atoms with Crippen molar-refractivity contribution in [2.24, 2.45) is 0 Å². The van der Waals surface area contributed by atoms with Crippen LogP contribution in [0.3, 0.4) is 0 Å². The van der Waals surface area contributed by atoms with Crippen LogP contribution in [0.4, 0.5) is 11.8 Å². The van der Waals surface area contributed by atoms with E-state index < -0.39 is 5.41 Å². The standard InChI is InChI=1S/C21H23N7O4/c1-31-19(30)21(8-9-21)18-26-20(27-32-18)25-14-5-4-13(11-14)24-16-7-6-15(12-22-16)28-17(29)3-2-10-23-28/h2-3,6-7,10,12-14H,4-5,8-9,11H2,1H3,(H,22,24)(H,25,27)/t13-,14-/m0/s1. The summed E-state index contributed by atoms with van der Waals surface area (Å²) in [6.07, 6.45) is 7.26. The van der Waals surface area contributed by atoms with E-state index in [2.05, 4.69) is 30.9 Å². The van der Waals surface area contributed by atoms with E-state index >= 15 is 0 Å². The van der Waals surface area contributed by atoms with Crippen LogP contribution in [0.25, 0.3) is 5.69 Å². The number of carbonyl (C=O) groups is 1. The summed E-state index contributed by atoms with van der Waals surface area (Å²) in [7, 11) is 1.37. The van der Waals surface area contributed by atoms with E-state index in [0.29, 0.717) is 30.4 Å². The molecule has 2 atom stereocenters. The maximum atomic E-state index is 12.0. The third-order valence-corrected chi connectivity index (χ3v) is 5.99. The Morgan fingerprint density at radius 3 is 2.72 bits per heavy atom. The molecule has 2 fully saturated rings. The lowest BCUT2D eigenvalue weighted by atomic mass is 10.1. The third kappa shape index (κ3) is 3.81. The molecule has 0 saturated heterocycles. The highest BCUT2D eigenvalue weighted by atomic mass is 16.5. The van der Waals surface area contributed by atoms with Gasteiger partial charge in [-0.1, -0.05) is 0 Å². The minimum absolute atomic E-state index is 0.178. The first-order chi connectivity index (χ1) is 15.6. The van der Waals surface area contributed by atoms with Crippen LogP contribution in [0, 0.1) is 0 Å². The van der Waals surface area contributed by atoms with Crippen molar-refractivity contribution in [3.05, 3.63) is 52.9 Å². The molecule has 11 nitrogen and oxygen atoms in total. The first-order valence-corrected chi connectivity index (χ1v) is 10.5. The van der Waals surface area contributed by atoms with Crippen LogP contribution >= 0.6 is 0 Å². The maximum Gasteiger partial charge on any atom is 0.321 e. The number of nitrogens with one attached hydrogen (secondary N) is 2. The van der Waals surface area contributed by atoms with Gasteiger partial charge < -0.3 is 19.9 Å². The van der Waals surface area contributed by atoms with E-state index in [4.69, 9.17) is 9.26 Å². The number of ether oxygens (including phenoxy) is 1. The molecule has 2 N–H and O–H groups in total. The third-order valence-electron chi connectivity index (χ3n) is 5.99. The normalized spacial score (nSPS) is 21.2. The molecule has 5 rings (SSSR count). The van der Waals surface area contributed by atoms with Crippen molar-refractivity contribution in [3.8, 4) is 5.69 Å². The zero-order chi connectivity index (χ0) is 22.1. The predicted octanol–water partition coefficient (Wildman–Crippen LogP) is 1.66. The number of esters is 1. The van der Waals surface area contributed by atoms with Gasteiger partial charge in [0.25, 0.3) is 11.5 Å². The molecular weight excluding hydrogens is 414 g/mol. The van der Waals surface area contributed by atoms with Gasteiger partial charge >= 0.3 is 5.97 Å². The molecule has 3 aromatic rings. The number of methoxy groups -OCH3 is 1. The van der Waals surface area contributed by atoms with Crippen molar-refractivity contribution < 1.29 is 14.1 Å². The van der Waals surface area contributed by atoms with Crippen molar-refractivity contribution in [1.29, 1.82) is 0 Å². The zero-order valence-electron chi connectivity index (χ0n) is 17.5. The molecule has 0 radical (unpaired) electrons. The smallest absolute Gasteiger partial charge is 0.321 e. The van der Waals surface area contributed by atoms with Crippen molar-refractivity contribution in [2.75, 3.05) is 17.7 Å². The second kappa shape index (κ2) is 8.06. The summed E-state index contributed by atoms with van der Waals surface area (Å²) < 4.78 is 11.5. The molecule has 0 aromatic carbocycles. The van der Waals surface area contributed by atoms with Gasteiger partial charge in [0, 0.05) is 24.3 Å². The fourth-order valence-corrected chi connectivity index (χ4v) is 4.09. The lowest BCUT2D eigenvalue weighted by molar-refractivity contribution is -0.144. The fraction of sp³-hybridized carbons (Fsp3) is 0.429. The van der Waals surface area contributed by atoms with Crippen LogP contribution in [0.2, 0.25) is 0 Å². The summed E-state index contributed by atoms with van der Waals surface area (Å²) >= 11 is 0. The van der Waals surface area contributed by atoms with Gasteiger partial charge in [-0.2, -0.15) is 14.8 Å². The summed E-state index contributed by atoms with van der Waals surface area (Å²) in [6, 6.07) is 7.12. The monoisotopic (exact) mass is 437 g/mol. The Balaban J connectivity index is 1.17. The van der Waals surface area contributed by atoms with Crippen LogP contribution in [0.5, 0.6) is 0 Å². The lowest BCUT2D eigenvalue weighted by Crippen LogP contribution is -2.23. The van der Waals surface area contributed by atoms with Gasteiger partial charge in [-0.3, -0.25) is 9.59 Å². The summed E-state index contributed by atoms with van der Waals surface area (Å²) in [5, 5.41) is 14.8. The molecule has 0 aliphatic heterocycles. The number of anilines is 2. The summed E-state index contributed by atoms with van der Waals surface area (Å²) in [5.41, 5.74) is -0.358. The first kappa shape index (κ1) is 20.2. The number of pyridine rings is 1. The highest BCUT2D eigenvalue weighted by Gasteiger charge is 2.57. The number of hydrogen-bond acceptors (Lipinski definition) is 10. The first-order valence-electron chi connectivity index (χ1n) is 10.5. The van der Waals surface area contributed by atoms with E-state index in [1.807, 2.05) is 12.1 Å². The Morgan fingerprint density at radius 1 is 1.22 bits per heavy atom. The Bertz CT molecular complexity index is 1170. The molecule has 3 heterocycles. The second-order valence-corrected chi connectivity index (χ2v) is 8.17. The molecule has 3 aromatic heterocycles. The molecule has 0 spiro atoms. The molecule has 32 heavy (non-hydrogen) atoms. The molecule has 0 unspecified atom stereocenters. The number of carbonyl (C=O) groups excluding carboxylic acids is 1. The number of nitrogens with zero attached hydrogens (tertiary/aromatic N) is 5. The van der Waals surface area contributed by atoms with Crippen LogP contribution in [-0.2, 0) is 14.9 Å². The predicted molar refractivity (Wildman–Crippen MR) is 114 cm³/mol. The quantitative estimate of drug-likeness (QED) is 0.525. The Kier molecular flexibility index (Phi) is 5.08. The second-order valence-electron chi connectivity index (χ2n) is 8.17. The van der Waals surface area contributed by atoms with Gasteiger partial charge in [-0.15, -0.1) is 0 Å². The molecule has 2 saturated carbocycles. The van der Waals surface area contributed by atoms with E-state index in [0.717, 1.165) is 25.1 Å². The molecule has 166 valence electrons. The fourth-order valence-electron chi connectivity index (χ4n) is 4.09. The topological polar surface area (TPSA) is 137 Å². The van der Waals surface area contributed by atoms with Gasteiger partial charge in [0.15, 0.2) is 0 Å². The summed E-state index contributed by atoms with van der Waals surface area (Å²) in [5.74, 6) is 1.11. The average molecular weight is 437 g/mol. The Labute approximate surface area is 183 Å². The molecule has 2 aliphatic rings. The Hall–Kier alpha value is -3.76. The van der Waals surface area contributed by atoms with Crippen LogP contribution in [0.1, 0.15) is 38.0 Å². The van der Waals surface area contributed by atoms with E-state index in [9.17, 15) is 9.59 Å². The summed E-state index contributed by atoms with van der Waals surface area (Å²) in [6.45, 7) is 0. The average Bonchev–Trinajstić information content (AvgIpc) is 3.29. The number of aromatic nitrogens is 5. The van der Waals surface area contributed by atoms with Crippen LogP contribution < -0.4 is 16.2 Å². The molecule has 2 aliphatic carbocycles. The van der Waals surface area contributed by atoms with Gasteiger partial charge in [0.05, 0.1) is 19.0 Å². The van der Waals surface area contributed by atoms with E-state index in [1.54, 1.807) is 18.5 Å². The van der Waals surface area contributed by atoms with Crippen molar-refractivity contribution in [3.63, 3.8) is 0 Å². The largest absolute Gasteiger partial charge is 0.468 e. The molecule has 11 heteroatoms. The highest BCUT2D eigenvalue weighted by Crippen LogP contribution is 2.48. The van der Waals surface area contributed by atoms with Crippen LogP contribution in [0.15, 0.2) is 46.0 Å². The minimum Gasteiger partial charge on any atom is -0.468 e. The van der Waals surface area contributed by atoms with Gasteiger partial charge in [-0.05, 0) is 55.5 Å². The van der Waals surface area contributed by atoms with Crippen molar-refractivity contribution in [2.45, 2.75) is 49.6 Å². The molecule has 0 amide bonds. The number of hydrogen-bond donors (Lipinski definition) is 2. The van der Waals surface area contributed by atoms with Crippen molar-refractivity contribution >= 4 is 17.7 Å². The van der Waals surface area contributed by atoms with E-state index in [-0.39, 0.29) is 23.6 Å². The number of rotatable bonds is 7. The Morgan fingerprint density at radius 2 is 2.03 bits per heavy atom. The van der Waals surface area contributed by atoms with Gasteiger partial charge in [0.1, 0.15) is 11.2 Å². The molecule has 0 bridgehead atoms. The minimum atomic E-state index is -0.764. The van der Waals surface area contributed by atoms with E-state index in [1.165, 1.54) is 17.9 Å². The highest BCUT2D eigenvalue weighted by molar-refractivity contribution is 5.85. The molecular formula is C21H23N7O4. The van der Waals surface area contributed by atoms with Gasteiger partial charge in [0.2, 0.25) is 5.89 Å². The SMILES string of the molecule is COC(=O)C1(c2nc(N[C@H]3CC[C@H](Nc4ccc(-n5ncccc5=O)cn4)C3)no2)CC1.